The van der Waals surface area contributed by atoms with Gasteiger partial charge in [-0.3, -0.25) is 14.2 Å². The van der Waals surface area contributed by atoms with Gasteiger partial charge >= 0.3 is 7.37 Å². The van der Waals surface area contributed by atoms with Gasteiger partial charge in [-0.1, -0.05) is 12.2 Å². The molecule has 0 saturated heterocycles. The largest absolute Gasteiger partial charge is 0.334 e. The first-order chi connectivity index (χ1) is 5.96. The summed E-state index contributed by atoms with van der Waals surface area (Å²) in [5.41, 5.74) is -1.95. The molecule has 4 nitrogen and oxygen atoms in total. The van der Waals surface area contributed by atoms with Gasteiger partial charge in [-0.2, -0.15) is 0 Å². The molecule has 0 saturated carbocycles. The van der Waals surface area contributed by atoms with Crippen LogP contribution in [-0.2, 0) is 14.2 Å². The topological polar surface area (TPSA) is 71.4 Å². The second-order valence-electron chi connectivity index (χ2n) is 2.35. The fourth-order valence-electron chi connectivity index (χ4n) is 0.634. The lowest BCUT2D eigenvalue weighted by atomic mass is 10.5. The smallest absolute Gasteiger partial charge is 0.328 e. The maximum atomic E-state index is 11.2. The lowest BCUT2D eigenvalue weighted by Crippen LogP contribution is -2.07. The van der Waals surface area contributed by atoms with Crippen molar-refractivity contribution in [3.63, 3.8) is 0 Å². The van der Waals surface area contributed by atoms with Gasteiger partial charge in [0.1, 0.15) is 0 Å². The Kier molecular flexibility index (Phi) is 4.52. The molecule has 0 aliphatic carbocycles. The van der Waals surface area contributed by atoms with Gasteiger partial charge in [-0.15, -0.1) is 13.2 Å². The summed E-state index contributed by atoms with van der Waals surface area (Å²) in [6, 6.07) is 0. The highest BCUT2D eigenvalue weighted by Gasteiger charge is 2.34. The molecule has 0 aliphatic rings. The van der Waals surface area contributed by atoms with Crippen LogP contribution in [0.25, 0.3) is 0 Å². The van der Waals surface area contributed by atoms with E-state index in [2.05, 4.69) is 13.2 Å². The molecule has 13 heavy (non-hydrogen) atoms. The standard InChI is InChI=1S/C8H11O4P/c1-3-5-7(9)13(11,12)8(10)6-4-2/h3-4H,1-2,5-6H2,(H,11,12). The van der Waals surface area contributed by atoms with Crippen molar-refractivity contribution in [2.24, 2.45) is 0 Å². The molecule has 0 aromatic rings. The summed E-state index contributed by atoms with van der Waals surface area (Å²) < 4.78 is 11.2. The van der Waals surface area contributed by atoms with E-state index in [9.17, 15) is 14.2 Å². The monoisotopic (exact) mass is 202 g/mol. The molecule has 0 amide bonds. The maximum absolute atomic E-state index is 11.2. The fourth-order valence-corrected chi connectivity index (χ4v) is 1.66. The Morgan fingerprint density at radius 3 is 1.69 bits per heavy atom. The third-order valence-electron chi connectivity index (χ3n) is 1.31. The van der Waals surface area contributed by atoms with Gasteiger partial charge in [-0.25, -0.2) is 0 Å². The molecular formula is C8H11O4P. The fraction of sp³-hybridized carbons (Fsp3) is 0.250. The van der Waals surface area contributed by atoms with Gasteiger partial charge in [-0.05, 0) is 0 Å². The molecule has 0 atom stereocenters. The van der Waals surface area contributed by atoms with Crippen LogP contribution in [-0.4, -0.2) is 15.9 Å². The molecule has 0 aliphatic heterocycles. The Balaban J connectivity index is 4.64. The predicted octanol–water partition coefficient (Wildman–Crippen LogP) is 1.46. The average Bonchev–Trinajstić information content (AvgIpc) is 2.05. The van der Waals surface area contributed by atoms with Crippen LogP contribution in [0, 0.1) is 0 Å². The van der Waals surface area contributed by atoms with Gasteiger partial charge in [0.05, 0.1) is 0 Å². The highest BCUT2D eigenvalue weighted by Crippen LogP contribution is 2.44. The summed E-state index contributed by atoms with van der Waals surface area (Å²) in [7, 11) is -4.33. The van der Waals surface area contributed by atoms with E-state index >= 15 is 0 Å². The Morgan fingerprint density at radius 1 is 1.15 bits per heavy atom. The molecule has 0 spiro atoms. The molecule has 1 N–H and O–H groups in total. The molecule has 0 unspecified atom stereocenters. The highest BCUT2D eigenvalue weighted by molar-refractivity contribution is 7.89. The van der Waals surface area contributed by atoms with Crippen LogP contribution >= 0.6 is 7.37 Å². The van der Waals surface area contributed by atoms with Gasteiger partial charge in [0.25, 0.3) is 0 Å². The molecule has 0 bridgehead atoms. The van der Waals surface area contributed by atoms with Crippen molar-refractivity contribution in [3.8, 4) is 0 Å². The number of carbonyl (C=O) groups excluding carboxylic acids is 2. The highest BCUT2D eigenvalue weighted by atomic mass is 31.2. The Labute approximate surface area is 76.4 Å². The number of hydrogen-bond donors (Lipinski definition) is 1. The van der Waals surface area contributed by atoms with Crippen molar-refractivity contribution in [3.05, 3.63) is 25.3 Å². The van der Waals surface area contributed by atoms with Gasteiger partial charge in [0.2, 0.25) is 11.0 Å². The molecule has 0 aromatic carbocycles. The van der Waals surface area contributed by atoms with Gasteiger partial charge < -0.3 is 4.89 Å². The Bertz CT molecular complexity index is 267. The molecular weight excluding hydrogens is 191 g/mol. The van der Waals surface area contributed by atoms with Crippen molar-refractivity contribution < 1.29 is 19.0 Å². The molecule has 5 heteroatoms. The number of hydrogen-bond acceptors (Lipinski definition) is 3. The second-order valence-corrected chi connectivity index (χ2v) is 4.50. The third-order valence-corrected chi connectivity index (χ3v) is 3.03. The molecule has 0 rings (SSSR count). The minimum absolute atomic E-state index is 0.267. The van der Waals surface area contributed by atoms with E-state index in [1.54, 1.807) is 0 Å². The van der Waals surface area contributed by atoms with E-state index in [0.717, 1.165) is 0 Å². The molecule has 0 heterocycles. The zero-order valence-electron chi connectivity index (χ0n) is 7.10. The Morgan fingerprint density at radius 2 is 1.46 bits per heavy atom. The quantitative estimate of drug-likeness (QED) is 0.522. The molecule has 0 aromatic heterocycles. The zero-order valence-corrected chi connectivity index (χ0v) is 8.00. The van der Waals surface area contributed by atoms with Crippen LogP contribution in [0.1, 0.15) is 12.8 Å². The average molecular weight is 202 g/mol. The first kappa shape index (κ1) is 12.0. The van der Waals surface area contributed by atoms with Crippen LogP contribution in [0.15, 0.2) is 25.3 Å². The third kappa shape index (κ3) is 3.09. The number of rotatable bonds is 6. The first-order valence-electron chi connectivity index (χ1n) is 3.58. The maximum Gasteiger partial charge on any atom is 0.328 e. The molecule has 0 radical (unpaired) electrons. The van der Waals surface area contributed by atoms with E-state index in [0.29, 0.717) is 0 Å². The van der Waals surface area contributed by atoms with Crippen molar-refractivity contribution in [2.75, 3.05) is 0 Å². The Hall–Kier alpha value is -0.990. The van der Waals surface area contributed by atoms with E-state index in [1.807, 2.05) is 0 Å². The van der Waals surface area contributed by atoms with Crippen LogP contribution in [0.4, 0.5) is 0 Å². The summed E-state index contributed by atoms with van der Waals surface area (Å²) in [5.74, 6) is 0. The first-order valence-corrected chi connectivity index (χ1v) is 5.24. The van der Waals surface area contributed by atoms with E-state index in [4.69, 9.17) is 4.89 Å². The van der Waals surface area contributed by atoms with Gasteiger partial charge in [0.15, 0.2) is 0 Å². The summed E-state index contributed by atoms with van der Waals surface area (Å²) in [4.78, 5) is 31.0. The molecule has 72 valence electrons. The summed E-state index contributed by atoms with van der Waals surface area (Å²) in [5, 5.41) is 0. The van der Waals surface area contributed by atoms with Crippen molar-refractivity contribution in [1.29, 1.82) is 0 Å². The lowest BCUT2D eigenvalue weighted by molar-refractivity contribution is -0.115. The van der Waals surface area contributed by atoms with E-state index in [-0.39, 0.29) is 12.8 Å². The van der Waals surface area contributed by atoms with Crippen molar-refractivity contribution in [1.82, 2.24) is 0 Å². The number of allylic oxidation sites excluding steroid dienone is 2. The van der Waals surface area contributed by atoms with Crippen LogP contribution in [0.5, 0.6) is 0 Å². The van der Waals surface area contributed by atoms with Crippen molar-refractivity contribution >= 4 is 18.4 Å². The van der Waals surface area contributed by atoms with E-state index < -0.39 is 18.4 Å². The van der Waals surface area contributed by atoms with Gasteiger partial charge in [0, 0.05) is 12.8 Å². The van der Waals surface area contributed by atoms with Crippen LogP contribution in [0.2, 0.25) is 0 Å². The minimum Gasteiger partial charge on any atom is -0.334 e. The zero-order chi connectivity index (χ0) is 10.5. The second kappa shape index (κ2) is 4.90. The summed E-state index contributed by atoms with van der Waals surface area (Å²) in [6.07, 6.45) is 1.84. The summed E-state index contributed by atoms with van der Waals surface area (Å²) in [6.45, 7) is 6.47. The van der Waals surface area contributed by atoms with Crippen molar-refractivity contribution in [2.45, 2.75) is 12.8 Å². The van der Waals surface area contributed by atoms with Crippen LogP contribution in [0.3, 0.4) is 0 Å². The SMILES string of the molecule is C=CCC(=O)P(=O)(O)C(=O)CC=C. The minimum atomic E-state index is -4.33. The lowest BCUT2D eigenvalue weighted by Gasteiger charge is -2.05. The molecule has 0 fully saturated rings. The van der Waals surface area contributed by atoms with E-state index in [1.165, 1.54) is 12.2 Å². The van der Waals surface area contributed by atoms with Crippen LogP contribution < -0.4 is 0 Å². The predicted molar refractivity (Wildman–Crippen MR) is 49.5 cm³/mol. The number of carbonyl (C=O) groups is 2. The normalized spacial score (nSPS) is 10.5. The summed E-state index contributed by atoms with van der Waals surface area (Å²) >= 11 is 0.